The molecule has 0 fully saturated rings. The standard InChI is InChI=1S/C48H92N14O20/c49-5-16-68-24-32-76-40-39-75-31-23-67-12-4-47(66)59-48(41-80-13-1-44(63)53-6-17-69-25-33-77-36-28-72-20-9-56-60-50,42-81-14-2-45(64)54-7-18-70-26-34-78-37-29-73-21-10-57-61-51)43-82-15-3-46(65)55-8-19-71-27-35-79-38-30-74-22-11-58-62-52/h1-43,49H2,(H,53,63)(H,54,64)(H,55,65)(H,59,66). The predicted octanol–water partition coefficient (Wildman–Crippen LogP) is -0.0944. The van der Waals surface area contributed by atoms with E-state index in [2.05, 4.69) is 51.3 Å². The molecule has 34 nitrogen and oxygen atoms in total. The van der Waals surface area contributed by atoms with Crippen LogP contribution in [0.2, 0.25) is 0 Å². The van der Waals surface area contributed by atoms with Crippen LogP contribution >= 0.6 is 0 Å². The maximum absolute atomic E-state index is 13.6. The Morgan fingerprint density at radius 1 is 0.317 bits per heavy atom. The highest BCUT2D eigenvalue weighted by Gasteiger charge is 2.34. The summed E-state index contributed by atoms with van der Waals surface area (Å²) in [6, 6.07) is 0. The number of amides is 4. The minimum Gasteiger partial charge on any atom is -0.379 e. The normalized spacial score (nSPS) is 11.7. The van der Waals surface area contributed by atoms with Crippen LogP contribution in [-0.4, -0.2) is 286 Å². The lowest BCUT2D eigenvalue weighted by molar-refractivity contribution is -0.131. The van der Waals surface area contributed by atoms with E-state index in [1.807, 2.05) is 0 Å². The van der Waals surface area contributed by atoms with Crippen LogP contribution in [0.25, 0.3) is 31.3 Å². The summed E-state index contributed by atoms with van der Waals surface area (Å²) >= 11 is 0. The molecule has 0 atom stereocenters. The molecule has 6 N–H and O–H groups in total. The summed E-state index contributed by atoms with van der Waals surface area (Å²) in [6.07, 6.45) is -0.144. The Morgan fingerprint density at radius 3 is 0.829 bits per heavy atom. The summed E-state index contributed by atoms with van der Waals surface area (Å²) in [6.45, 7) is 9.40. The molecule has 0 spiro atoms. The number of nitrogens with two attached hydrogens (primary N) is 1. The highest BCUT2D eigenvalue weighted by atomic mass is 16.6. The van der Waals surface area contributed by atoms with Gasteiger partial charge < -0.3 is 103 Å². The molecular formula is C48H92N14O20. The number of rotatable bonds is 66. The van der Waals surface area contributed by atoms with Crippen LogP contribution in [0.15, 0.2) is 15.3 Å². The Morgan fingerprint density at radius 2 is 0.549 bits per heavy atom. The van der Waals surface area contributed by atoms with Gasteiger partial charge in [-0.2, -0.15) is 0 Å². The van der Waals surface area contributed by atoms with Crippen LogP contribution in [0.4, 0.5) is 0 Å². The summed E-state index contributed by atoms with van der Waals surface area (Å²) in [5.74, 6) is -1.35. The Kier molecular flexibility index (Phi) is 59.9. The van der Waals surface area contributed by atoms with Gasteiger partial charge in [0.2, 0.25) is 23.6 Å². The minimum absolute atomic E-state index is 0.0277. The van der Waals surface area contributed by atoms with Crippen molar-refractivity contribution < 1.29 is 95.0 Å². The molecule has 0 saturated heterocycles. The first kappa shape index (κ1) is 77.1. The second-order valence-corrected chi connectivity index (χ2v) is 16.6. The number of hydrogen-bond acceptors (Lipinski definition) is 24. The van der Waals surface area contributed by atoms with Gasteiger partial charge in [0.05, 0.1) is 211 Å². The quantitative estimate of drug-likeness (QED) is 0.0230. The van der Waals surface area contributed by atoms with Gasteiger partial charge in [-0.3, -0.25) is 19.2 Å². The number of ether oxygens (including phenoxy) is 16. The number of carbonyl (C=O) groups is 4. The van der Waals surface area contributed by atoms with E-state index < -0.39 is 11.4 Å². The van der Waals surface area contributed by atoms with E-state index in [0.717, 1.165) is 0 Å². The molecule has 0 aliphatic rings. The fourth-order valence-electron chi connectivity index (χ4n) is 6.03. The van der Waals surface area contributed by atoms with Gasteiger partial charge >= 0.3 is 0 Å². The van der Waals surface area contributed by atoms with E-state index >= 15 is 0 Å². The van der Waals surface area contributed by atoms with E-state index in [-0.39, 0.29) is 162 Å². The first-order valence-corrected chi connectivity index (χ1v) is 27.4. The van der Waals surface area contributed by atoms with Crippen LogP contribution in [0.3, 0.4) is 0 Å². The fraction of sp³-hybridized carbons (Fsp3) is 0.917. The zero-order valence-electron chi connectivity index (χ0n) is 47.7. The van der Waals surface area contributed by atoms with E-state index in [9.17, 15) is 19.2 Å². The average Bonchev–Trinajstić information content (AvgIpc) is 3.51. The third-order valence-corrected chi connectivity index (χ3v) is 9.95. The minimum atomic E-state index is -1.35. The van der Waals surface area contributed by atoms with Crippen molar-refractivity contribution in [3.63, 3.8) is 0 Å². The highest BCUT2D eigenvalue weighted by molar-refractivity contribution is 5.77. The van der Waals surface area contributed by atoms with Crippen LogP contribution in [0.5, 0.6) is 0 Å². The number of carbonyl (C=O) groups excluding carboxylic acids is 4. The van der Waals surface area contributed by atoms with Gasteiger partial charge in [-0.05, 0) is 16.6 Å². The molecule has 0 bridgehead atoms. The first-order valence-electron chi connectivity index (χ1n) is 27.4. The Bertz CT molecular complexity index is 1520. The lowest BCUT2D eigenvalue weighted by Gasteiger charge is -2.34. The molecule has 0 saturated carbocycles. The number of hydrogen-bond donors (Lipinski definition) is 5. The summed E-state index contributed by atoms with van der Waals surface area (Å²) in [5.41, 5.74) is 28.9. The molecule has 0 rings (SSSR count). The molecule has 0 aliphatic carbocycles. The van der Waals surface area contributed by atoms with E-state index in [4.69, 9.17) is 98.1 Å². The molecule has 0 aromatic rings. The zero-order valence-corrected chi connectivity index (χ0v) is 47.7. The molecule has 0 radical (unpaired) electrons. The molecule has 474 valence electrons. The molecular weight excluding hydrogens is 1090 g/mol. The maximum atomic E-state index is 13.6. The fourth-order valence-corrected chi connectivity index (χ4v) is 6.03. The second kappa shape index (κ2) is 63.7. The van der Waals surface area contributed by atoms with Crippen molar-refractivity contribution in [2.75, 3.05) is 257 Å². The Labute approximate surface area is 479 Å². The number of nitrogens with one attached hydrogen (secondary N) is 4. The highest BCUT2D eigenvalue weighted by Crippen LogP contribution is 2.11. The SMILES string of the molecule is [N-]=[N+]=NCCOCCOCCOCCNC(=O)CCOCC(COCCC(=O)NCCOCCOCCOCCN=[N+]=[N-])(COCCC(=O)NCCOCCOCCOCCN=[N+]=[N-])NC(=O)CCOCCOCCOCCOCCN. The number of nitrogens with zero attached hydrogens (tertiary/aromatic N) is 9. The smallest absolute Gasteiger partial charge is 0.222 e. The van der Waals surface area contributed by atoms with Crippen LogP contribution in [-0.2, 0) is 95.0 Å². The molecule has 0 heterocycles. The first-order chi connectivity index (χ1) is 40.3. The molecule has 0 aromatic heterocycles. The zero-order chi connectivity index (χ0) is 59.6. The van der Waals surface area contributed by atoms with Crippen molar-refractivity contribution in [1.82, 2.24) is 21.3 Å². The van der Waals surface area contributed by atoms with Gasteiger partial charge in [-0.15, -0.1) is 0 Å². The van der Waals surface area contributed by atoms with Crippen LogP contribution in [0.1, 0.15) is 25.7 Å². The second-order valence-electron chi connectivity index (χ2n) is 16.6. The van der Waals surface area contributed by atoms with E-state index in [1.165, 1.54) is 0 Å². The third-order valence-electron chi connectivity index (χ3n) is 9.95. The van der Waals surface area contributed by atoms with Gasteiger partial charge in [0.25, 0.3) is 0 Å². The summed E-state index contributed by atoms with van der Waals surface area (Å²) in [7, 11) is 0. The molecule has 0 aromatic carbocycles. The van der Waals surface area contributed by atoms with E-state index in [0.29, 0.717) is 139 Å². The van der Waals surface area contributed by atoms with Crippen molar-refractivity contribution in [3.8, 4) is 0 Å². The van der Waals surface area contributed by atoms with Gasteiger partial charge in [0, 0.05) is 86.2 Å². The van der Waals surface area contributed by atoms with Gasteiger partial charge in [-0.1, -0.05) is 15.3 Å². The van der Waals surface area contributed by atoms with Crippen molar-refractivity contribution in [1.29, 1.82) is 0 Å². The number of azide groups is 3. The van der Waals surface area contributed by atoms with Crippen molar-refractivity contribution in [2.24, 2.45) is 21.1 Å². The molecule has 0 unspecified atom stereocenters. The average molecular weight is 1190 g/mol. The maximum Gasteiger partial charge on any atom is 0.222 e. The van der Waals surface area contributed by atoms with Crippen LogP contribution in [0, 0.1) is 0 Å². The van der Waals surface area contributed by atoms with Gasteiger partial charge in [0.1, 0.15) is 5.54 Å². The lowest BCUT2D eigenvalue weighted by Crippen LogP contribution is -2.59. The molecule has 34 heteroatoms. The predicted molar refractivity (Wildman–Crippen MR) is 293 cm³/mol. The molecule has 4 amide bonds. The van der Waals surface area contributed by atoms with Gasteiger partial charge in [-0.25, -0.2) is 0 Å². The molecule has 82 heavy (non-hydrogen) atoms. The van der Waals surface area contributed by atoms with Crippen molar-refractivity contribution in [3.05, 3.63) is 31.3 Å². The van der Waals surface area contributed by atoms with E-state index in [1.54, 1.807) is 0 Å². The lowest BCUT2D eigenvalue weighted by atomic mass is 10.0. The summed E-state index contributed by atoms with van der Waals surface area (Å²) < 4.78 is 88.5. The Balaban J connectivity index is 5.38. The molecule has 0 aliphatic heterocycles. The van der Waals surface area contributed by atoms with Crippen molar-refractivity contribution in [2.45, 2.75) is 31.2 Å². The largest absolute Gasteiger partial charge is 0.379 e. The van der Waals surface area contributed by atoms with Crippen LogP contribution < -0.4 is 27.0 Å². The Hall–Kier alpha value is -4.87. The summed E-state index contributed by atoms with van der Waals surface area (Å²) in [5, 5.41) is 21.4. The van der Waals surface area contributed by atoms with Crippen molar-refractivity contribution >= 4 is 23.6 Å². The van der Waals surface area contributed by atoms with Gasteiger partial charge in [0.15, 0.2) is 0 Å². The monoisotopic (exact) mass is 1180 g/mol. The third kappa shape index (κ3) is 58.3. The summed E-state index contributed by atoms with van der Waals surface area (Å²) in [4.78, 5) is 59.7. The topological polar surface area (TPSA) is 436 Å².